The summed E-state index contributed by atoms with van der Waals surface area (Å²) in [5, 5.41) is 0.678. The van der Waals surface area contributed by atoms with Gasteiger partial charge in [-0.15, -0.1) is 0 Å². The Labute approximate surface area is 131 Å². The Morgan fingerprint density at radius 3 is 2.84 bits per heavy atom. The van der Waals surface area contributed by atoms with E-state index in [1.165, 1.54) is 7.11 Å². The van der Waals surface area contributed by atoms with Gasteiger partial charge < -0.3 is 9.47 Å². The van der Waals surface area contributed by atoms with E-state index < -0.39 is 5.97 Å². The minimum atomic E-state index is -0.558. The first kappa shape index (κ1) is 14.6. The zero-order valence-electron chi connectivity index (χ0n) is 9.45. The first-order chi connectivity index (χ1) is 9.01. The molecule has 0 atom stereocenters. The van der Waals surface area contributed by atoms with Gasteiger partial charge >= 0.3 is 5.97 Å². The van der Waals surface area contributed by atoms with Crippen molar-refractivity contribution < 1.29 is 14.3 Å². The number of benzene rings is 1. The van der Waals surface area contributed by atoms with E-state index >= 15 is 0 Å². The molecule has 1 aromatic carbocycles. The van der Waals surface area contributed by atoms with Crippen LogP contribution in [0.25, 0.3) is 0 Å². The van der Waals surface area contributed by atoms with Gasteiger partial charge in [-0.25, -0.2) is 4.79 Å². The number of rotatable bonds is 3. The summed E-state index contributed by atoms with van der Waals surface area (Å²) >= 11 is 16.1. The van der Waals surface area contributed by atoms with Gasteiger partial charge in [-0.2, -0.15) is 4.98 Å². The van der Waals surface area contributed by atoms with Crippen molar-refractivity contribution >= 4 is 56.4 Å². The lowest BCUT2D eigenvalue weighted by Gasteiger charge is -2.04. The van der Waals surface area contributed by atoms with Crippen molar-refractivity contribution in [1.29, 1.82) is 0 Å². The SMILES string of the molecule is COC(=O)c1sc(Oc2cc(Br)ccc2Cl)nc1Cl. The largest absolute Gasteiger partial charge is 0.465 e. The summed E-state index contributed by atoms with van der Waals surface area (Å²) in [6.45, 7) is 0. The van der Waals surface area contributed by atoms with Crippen LogP contribution < -0.4 is 4.74 Å². The average Bonchev–Trinajstić information content (AvgIpc) is 2.74. The first-order valence-electron chi connectivity index (χ1n) is 4.89. The lowest BCUT2D eigenvalue weighted by Crippen LogP contribution is -1.98. The number of methoxy groups -OCH3 is 1. The fourth-order valence-corrected chi connectivity index (χ4v) is 2.75. The van der Waals surface area contributed by atoms with Crippen LogP contribution in [-0.4, -0.2) is 18.1 Å². The molecule has 0 radical (unpaired) electrons. The monoisotopic (exact) mass is 381 g/mol. The second kappa shape index (κ2) is 6.09. The van der Waals surface area contributed by atoms with Crippen molar-refractivity contribution in [3.63, 3.8) is 0 Å². The molecule has 4 nitrogen and oxygen atoms in total. The number of nitrogens with zero attached hydrogens (tertiary/aromatic N) is 1. The van der Waals surface area contributed by atoms with E-state index in [0.717, 1.165) is 15.8 Å². The molecule has 0 aliphatic rings. The lowest BCUT2D eigenvalue weighted by atomic mass is 10.3. The van der Waals surface area contributed by atoms with Crippen LogP contribution in [0.3, 0.4) is 0 Å². The summed E-state index contributed by atoms with van der Waals surface area (Å²) in [5.74, 6) is -0.143. The highest BCUT2D eigenvalue weighted by molar-refractivity contribution is 9.10. The molecule has 19 heavy (non-hydrogen) atoms. The Bertz CT molecular complexity index is 632. The number of aromatic nitrogens is 1. The normalized spacial score (nSPS) is 10.3. The molecule has 8 heteroatoms. The summed E-state index contributed by atoms with van der Waals surface area (Å²) in [6.07, 6.45) is 0. The molecule has 1 aromatic heterocycles. The molecule has 100 valence electrons. The maximum atomic E-state index is 11.4. The highest BCUT2D eigenvalue weighted by atomic mass is 79.9. The van der Waals surface area contributed by atoms with Crippen molar-refractivity contribution in [2.75, 3.05) is 7.11 Å². The number of hydrogen-bond acceptors (Lipinski definition) is 5. The molecule has 0 aliphatic carbocycles. The van der Waals surface area contributed by atoms with Gasteiger partial charge in [0.15, 0.2) is 10.0 Å². The van der Waals surface area contributed by atoms with Crippen LogP contribution >= 0.6 is 50.5 Å². The topological polar surface area (TPSA) is 48.4 Å². The van der Waals surface area contributed by atoms with Crippen LogP contribution in [0.1, 0.15) is 9.67 Å². The molecule has 0 fully saturated rings. The van der Waals surface area contributed by atoms with Gasteiger partial charge in [-0.3, -0.25) is 0 Å². The number of thiazole rings is 1. The third kappa shape index (κ3) is 3.39. The quantitative estimate of drug-likeness (QED) is 0.716. The maximum Gasteiger partial charge on any atom is 0.351 e. The molecular weight excluding hydrogens is 377 g/mol. The number of carbonyl (C=O) groups is 1. The third-order valence-electron chi connectivity index (χ3n) is 2.03. The van der Waals surface area contributed by atoms with Crippen molar-refractivity contribution in [3.05, 3.63) is 37.7 Å². The van der Waals surface area contributed by atoms with E-state index in [9.17, 15) is 4.79 Å². The predicted octanol–water partition coefficient (Wildman–Crippen LogP) is 4.79. The minimum absolute atomic E-state index is 0.0398. The lowest BCUT2D eigenvalue weighted by molar-refractivity contribution is 0.0606. The maximum absolute atomic E-state index is 11.4. The molecule has 2 aromatic rings. The van der Waals surface area contributed by atoms with Crippen molar-refractivity contribution in [2.24, 2.45) is 0 Å². The standard InChI is InChI=1S/C11H6BrCl2NO3S/c1-17-10(16)8-9(14)15-11(19-8)18-7-4-5(12)2-3-6(7)13/h2-4H,1H3. The second-order valence-corrected chi connectivity index (χ2v) is 5.91. The van der Waals surface area contributed by atoms with Crippen LogP contribution in [0.5, 0.6) is 10.9 Å². The zero-order chi connectivity index (χ0) is 14.0. The highest BCUT2D eigenvalue weighted by Gasteiger charge is 2.19. The number of hydrogen-bond donors (Lipinski definition) is 0. The van der Waals surface area contributed by atoms with Crippen molar-refractivity contribution in [3.8, 4) is 10.9 Å². The fourth-order valence-electron chi connectivity index (χ4n) is 1.19. The molecule has 0 spiro atoms. The second-order valence-electron chi connectivity index (χ2n) is 3.27. The number of ether oxygens (including phenoxy) is 2. The molecule has 0 unspecified atom stereocenters. The highest BCUT2D eigenvalue weighted by Crippen LogP contribution is 2.36. The molecule has 1 heterocycles. The van der Waals surface area contributed by atoms with E-state index in [-0.39, 0.29) is 15.2 Å². The van der Waals surface area contributed by atoms with E-state index in [4.69, 9.17) is 27.9 Å². The summed E-state index contributed by atoms with van der Waals surface area (Å²) in [6, 6.07) is 5.15. The molecule has 0 saturated heterocycles. The van der Waals surface area contributed by atoms with Gasteiger partial charge in [0.1, 0.15) is 5.75 Å². The minimum Gasteiger partial charge on any atom is -0.465 e. The van der Waals surface area contributed by atoms with Gasteiger partial charge in [0.2, 0.25) is 0 Å². The fraction of sp³-hybridized carbons (Fsp3) is 0.0909. The Kier molecular flexibility index (Phi) is 4.67. The first-order valence-corrected chi connectivity index (χ1v) is 7.25. The number of esters is 1. The predicted molar refractivity (Wildman–Crippen MR) is 77.7 cm³/mol. The van der Waals surface area contributed by atoms with Crippen molar-refractivity contribution in [1.82, 2.24) is 4.98 Å². The van der Waals surface area contributed by atoms with E-state index in [2.05, 4.69) is 25.7 Å². The molecule has 2 rings (SSSR count). The van der Waals surface area contributed by atoms with E-state index in [0.29, 0.717) is 10.8 Å². The van der Waals surface area contributed by atoms with Crippen LogP contribution in [0.4, 0.5) is 0 Å². The van der Waals surface area contributed by atoms with Crippen LogP contribution in [0.2, 0.25) is 10.2 Å². The van der Waals surface area contributed by atoms with Crippen LogP contribution in [-0.2, 0) is 4.74 Å². The molecule has 0 amide bonds. The van der Waals surface area contributed by atoms with Gasteiger partial charge in [0.25, 0.3) is 5.19 Å². The van der Waals surface area contributed by atoms with Crippen LogP contribution in [0, 0.1) is 0 Å². The number of carbonyl (C=O) groups excluding carboxylic acids is 1. The van der Waals surface area contributed by atoms with Gasteiger partial charge in [-0.05, 0) is 18.2 Å². The average molecular weight is 383 g/mol. The van der Waals surface area contributed by atoms with Gasteiger partial charge in [-0.1, -0.05) is 50.5 Å². The van der Waals surface area contributed by atoms with Gasteiger partial charge in [0.05, 0.1) is 12.1 Å². The Hall–Kier alpha value is -0.820. The van der Waals surface area contributed by atoms with Crippen LogP contribution in [0.15, 0.2) is 22.7 Å². The molecule has 0 saturated carbocycles. The third-order valence-corrected chi connectivity index (χ3v) is 4.13. The Morgan fingerprint density at radius 1 is 1.42 bits per heavy atom. The molecular formula is C11H6BrCl2NO3S. The zero-order valence-corrected chi connectivity index (χ0v) is 13.4. The smallest absolute Gasteiger partial charge is 0.351 e. The molecule has 0 bridgehead atoms. The summed E-state index contributed by atoms with van der Waals surface area (Å²) in [5.41, 5.74) is 0. The Balaban J connectivity index is 2.29. The van der Waals surface area contributed by atoms with Gasteiger partial charge in [0, 0.05) is 4.47 Å². The molecule has 0 N–H and O–H groups in total. The van der Waals surface area contributed by atoms with E-state index in [1.807, 2.05) is 0 Å². The summed E-state index contributed by atoms with van der Waals surface area (Å²) in [4.78, 5) is 15.5. The Morgan fingerprint density at radius 2 is 2.16 bits per heavy atom. The molecule has 0 aliphatic heterocycles. The van der Waals surface area contributed by atoms with E-state index in [1.54, 1.807) is 18.2 Å². The van der Waals surface area contributed by atoms with Crippen molar-refractivity contribution in [2.45, 2.75) is 0 Å². The number of halogens is 3. The summed E-state index contributed by atoms with van der Waals surface area (Å²) < 4.78 is 10.9. The summed E-state index contributed by atoms with van der Waals surface area (Å²) in [7, 11) is 1.27.